The summed E-state index contributed by atoms with van der Waals surface area (Å²) < 4.78 is 5.65. The van der Waals surface area contributed by atoms with Crippen LogP contribution < -0.4 is 15.8 Å². The predicted molar refractivity (Wildman–Crippen MR) is 73.3 cm³/mol. The number of hydrogen-bond donors (Lipinski definition) is 2. The van der Waals surface area contributed by atoms with Gasteiger partial charge in [0.05, 0.1) is 0 Å². The van der Waals surface area contributed by atoms with E-state index in [1.807, 2.05) is 19.1 Å². The molecule has 0 bridgehead atoms. The first kappa shape index (κ1) is 12.9. The van der Waals surface area contributed by atoms with Crippen LogP contribution in [0.5, 0.6) is 11.5 Å². The number of amides is 1. The highest BCUT2D eigenvalue weighted by molar-refractivity contribution is 5.92. The van der Waals surface area contributed by atoms with E-state index in [9.17, 15) is 4.79 Å². The average Bonchev–Trinajstić information content (AvgIpc) is 2.42. The van der Waals surface area contributed by atoms with Gasteiger partial charge >= 0.3 is 0 Å². The topological polar surface area (TPSA) is 77.2 Å². The molecule has 0 fully saturated rings. The Labute approximate surface area is 111 Å². The fraction of sp³-hybridized carbons (Fsp3) is 0.143. The summed E-state index contributed by atoms with van der Waals surface area (Å²) in [6.45, 7) is 1.93. The van der Waals surface area contributed by atoms with Crippen molar-refractivity contribution < 1.29 is 9.53 Å². The van der Waals surface area contributed by atoms with Crippen LogP contribution in [-0.4, -0.2) is 17.9 Å². The summed E-state index contributed by atoms with van der Waals surface area (Å²) in [6, 6.07) is 8.71. The number of aryl methyl sites for hydroxylation is 1. The molecule has 0 saturated heterocycles. The zero-order valence-electron chi connectivity index (χ0n) is 10.8. The van der Waals surface area contributed by atoms with Crippen LogP contribution in [0.1, 0.15) is 16.1 Å². The lowest BCUT2D eigenvalue weighted by Gasteiger charge is -2.08. The second kappa shape index (κ2) is 5.39. The molecule has 0 atom stereocenters. The van der Waals surface area contributed by atoms with Crippen LogP contribution in [0.25, 0.3) is 0 Å². The highest BCUT2D eigenvalue weighted by atomic mass is 16.5. The van der Waals surface area contributed by atoms with Gasteiger partial charge in [-0.1, -0.05) is 6.07 Å². The van der Waals surface area contributed by atoms with Gasteiger partial charge in [0.15, 0.2) is 0 Å². The number of anilines is 1. The van der Waals surface area contributed by atoms with Crippen molar-refractivity contribution in [2.45, 2.75) is 6.92 Å². The quantitative estimate of drug-likeness (QED) is 0.826. The van der Waals surface area contributed by atoms with E-state index >= 15 is 0 Å². The van der Waals surface area contributed by atoms with Crippen molar-refractivity contribution in [2.75, 3.05) is 12.8 Å². The minimum Gasteiger partial charge on any atom is -0.457 e. The van der Waals surface area contributed by atoms with Crippen LogP contribution in [-0.2, 0) is 0 Å². The third kappa shape index (κ3) is 3.01. The van der Waals surface area contributed by atoms with E-state index in [-0.39, 0.29) is 5.91 Å². The zero-order valence-corrected chi connectivity index (χ0v) is 10.8. The largest absolute Gasteiger partial charge is 0.457 e. The number of nitrogens with one attached hydrogen (secondary N) is 1. The van der Waals surface area contributed by atoms with Crippen molar-refractivity contribution in [1.29, 1.82) is 0 Å². The normalized spacial score (nSPS) is 10.0. The van der Waals surface area contributed by atoms with Crippen molar-refractivity contribution in [3.8, 4) is 11.5 Å². The average molecular weight is 257 g/mol. The van der Waals surface area contributed by atoms with Crippen molar-refractivity contribution in [3.05, 3.63) is 47.8 Å². The Morgan fingerprint density at radius 2 is 2.00 bits per heavy atom. The molecule has 3 N–H and O–H groups in total. The van der Waals surface area contributed by atoms with Crippen molar-refractivity contribution in [1.82, 2.24) is 10.3 Å². The van der Waals surface area contributed by atoms with Gasteiger partial charge in [0, 0.05) is 31.1 Å². The summed E-state index contributed by atoms with van der Waals surface area (Å²) in [5.74, 6) is 0.905. The Kier molecular flexibility index (Phi) is 3.66. The van der Waals surface area contributed by atoms with Crippen LogP contribution >= 0.6 is 0 Å². The molecule has 98 valence electrons. The van der Waals surface area contributed by atoms with Gasteiger partial charge in [-0.3, -0.25) is 9.78 Å². The molecular weight excluding hydrogens is 242 g/mol. The van der Waals surface area contributed by atoms with Crippen molar-refractivity contribution in [3.63, 3.8) is 0 Å². The number of carbonyl (C=O) groups is 1. The van der Waals surface area contributed by atoms with Gasteiger partial charge in [0.2, 0.25) is 0 Å². The number of benzene rings is 1. The molecule has 2 aromatic rings. The summed E-state index contributed by atoms with van der Waals surface area (Å²) in [6.07, 6.45) is 1.53. The van der Waals surface area contributed by atoms with Gasteiger partial charge in [0.1, 0.15) is 17.2 Å². The standard InChI is InChI=1S/C14H15N3O2/c1-9-3-4-10(7-12(9)15)19-11-5-6-17-13(8-11)14(18)16-2/h3-8H,15H2,1-2H3,(H,16,18). The number of rotatable bonds is 3. The van der Waals surface area contributed by atoms with Crippen LogP contribution in [0.15, 0.2) is 36.5 Å². The minimum atomic E-state index is -0.256. The fourth-order valence-electron chi connectivity index (χ4n) is 1.55. The molecule has 1 aromatic carbocycles. The molecule has 5 nitrogen and oxygen atoms in total. The highest BCUT2D eigenvalue weighted by Gasteiger charge is 2.07. The van der Waals surface area contributed by atoms with Crippen molar-refractivity contribution in [2.24, 2.45) is 0 Å². The smallest absolute Gasteiger partial charge is 0.269 e. The van der Waals surface area contributed by atoms with E-state index in [1.165, 1.54) is 6.20 Å². The number of nitrogens with zero attached hydrogens (tertiary/aromatic N) is 1. The number of nitrogens with two attached hydrogens (primary N) is 1. The first-order valence-electron chi connectivity index (χ1n) is 5.82. The molecule has 19 heavy (non-hydrogen) atoms. The molecule has 0 aliphatic heterocycles. The summed E-state index contributed by atoms with van der Waals surface area (Å²) >= 11 is 0. The second-order valence-corrected chi connectivity index (χ2v) is 4.08. The van der Waals surface area contributed by atoms with Gasteiger partial charge < -0.3 is 15.8 Å². The maximum Gasteiger partial charge on any atom is 0.269 e. The summed E-state index contributed by atoms with van der Waals surface area (Å²) in [7, 11) is 1.55. The number of aromatic nitrogens is 1. The highest BCUT2D eigenvalue weighted by Crippen LogP contribution is 2.25. The third-order valence-electron chi connectivity index (χ3n) is 2.68. The fourth-order valence-corrected chi connectivity index (χ4v) is 1.55. The second-order valence-electron chi connectivity index (χ2n) is 4.08. The molecule has 1 amide bonds. The molecule has 0 spiro atoms. The molecule has 1 heterocycles. The molecular formula is C14H15N3O2. The summed E-state index contributed by atoms with van der Waals surface area (Å²) in [5, 5.41) is 2.51. The lowest BCUT2D eigenvalue weighted by atomic mass is 10.2. The van der Waals surface area contributed by atoms with E-state index < -0.39 is 0 Å². The van der Waals surface area contributed by atoms with Crippen LogP contribution in [0, 0.1) is 6.92 Å². The van der Waals surface area contributed by atoms with Crippen LogP contribution in [0.3, 0.4) is 0 Å². The van der Waals surface area contributed by atoms with Gasteiger partial charge in [-0.25, -0.2) is 0 Å². The Bertz CT molecular complexity index is 611. The third-order valence-corrected chi connectivity index (χ3v) is 2.68. The summed E-state index contributed by atoms with van der Waals surface area (Å²) in [5.41, 5.74) is 7.78. The molecule has 0 radical (unpaired) electrons. The molecule has 1 aromatic heterocycles. The Balaban J connectivity index is 2.23. The Morgan fingerprint density at radius 3 is 2.68 bits per heavy atom. The van der Waals surface area contributed by atoms with Gasteiger partial charge in [-0.2, -0.15) is 0 Å². The Morgan fingerprint density at radius 1 is 1.26 bits per heavy atom. The Hall–Kier alpha value is -2.56. The van der Waals surface area contributed by atoms with E-state index in [0.29, 0.717) is 22.9 Å². The van der Waals surface area contributed by atoms with Gasteiger partial charge in [0.25, 0.3) is 5.91 Å². The van der Waals surface area contributed by atoms with E-state index in [0.717, 1.165) is 5.56 Å². The van der Waals surface area contributed by atoms with Gasteiger partial charge in [-0.05, 0) is 24.6 Å². The molecule has 0 aliphatic carbocycles. The minimum absolute atomic E-state index is 0.256. The maximum absolute atomic E-state index is 11.5. The first-order chi connectivity index (χ1) is 9.10. The predicted octanol–water partition coefficient (Wildman–Crippen LogP) is 2.12. The first-order valence-corrected chi connectivity index (χ1v) is 5.82. The zero-order chi connectivity index (χ0) is 13.8. The van der Waals surface area contributed by atoms with E-state index in [1.54, 1.807) is 25.2 Å². The van der Waals surface area contributed by atoms with E-state index in [4.69, 9.17) is 10.5 Å². The molecule has 0 saturated carbocycles. The number of nitrogen functional groups attached to an aromatic ring is 1. The molecule has 5 heteroatoms. The number of ether oxygens (including phenoxy) is 1. The molecule has 2 rings (SSSR count). The van der Waals surface area contributed by atoms with Crippen LogP contribution in [0.2, 0.25) is 0 Å². The van der Waals surface area contributed by atoms with E-state index in [2.05, 4.69) is 10.3 Å². The molecule has 0 unspecified atom stereocenters. The van der Waals surface area contributed by atoms with Gasteiger partial charge in [-0.15, -0.1) is 0 Å². The maximum atomic E-state index is 11.5. The number of hydrogen-bond acceptors (Lipinski definition) is 4. The number of pyridine rings is 1. The lowest BCUT2D eigenvalue weighted by molar-refractivity contribution is 0.0958. The lowest BCUT2D eigenvalue weighted by Crippen LogP contribution is -2.18. The number of carbonyl (C=O) groups excluding carboxylic acids is 1. The van der Waals surface area contributed by atoms with Crippen LogP contribution in [0.4, 0.5) is 5.69 Å². The SMILES string of the molecule is CNC(=O)c1cc(Oc2ccc(C)c(N)c2)ccn1. The molecule has 0 aliphatic rings. The monoisotopic (exact) mass is 257 g/mol. The summed E-state index contributed by atoms with van der Waals surface area (Å²) in [4.78, 5) is 15.4. The van der Waals surface area contributed by atoms with Crippen molar-refractivity contribution >= 4 is 11.6 Å².